The van der Waals surface area contributed by atoms with E-state index in [9.17, 15) is 13.5 Å². The first-order valence-corrected chi connectivity index (χ1v) is 11.1. The summed E-state index contributed by atoms with van der Waals surface area (Å²) in [6.07, 6.45) is -3.40. The van der Waals surface area contributed by atoms with Crippen molar-refractivity contribution in [3.63, 3.8) is 0 Å². The molecular weight excluding hydrogens is 400 g/mol. The zero-order valence-corrected chi connectivity index (χ0v) is 17.5. The summed E-state index contributed by atoms with van der Waals surface area (Å²) in [7, 11) is -3.70. The van der Waals surface area contributed by atoms with Crippen molar-refractivity contribution in [2.24, 2.45) is 0 Å². The number of hydrogen-bond acceptors (Lipinski definition) is 8. The van der Waals surface area contributed by atoms with E-state index in [1.54, 1.807) is 45.9 Å². The minimum atomic E-state index is -3.70. The number of aliphatic hydroxyl groups is 1. The van der Waals surface area contributed by atoms with Crippen LogP contribution in [0.25, 0.3) is 0 Å². The van der Waals surface area contributed by atoms with Gasteiger partial charge in [0.05, 0.1) is 4.90 Å². The van der Waals surface area contributed by atoms with Gasteiger partial charge in [0, 0.05) is 5.41 Å². The van der Waals surface area contributed by atoms with E-state index in [1.165, 1.54) is 18.2 Å². The van der Waals surface area contributed by atoms with E-state index in [0.29, 0.717) is 0 Å². The zero-order chi connectivity index (χ0) is 21.0. The Labute approximate surface area is 170 Å². The SMILES string of the molecule is CC1(C)O[C@@H]2[C@H](O1)[C@H]1OC(C)(C)O[C@H]1O[C@@H]2[C@@H](O)/C=C/S(=O)(=O)c1ccccc1. The molecule has 8 nitrogen and oxygen atoms in total. The molecule has 0 spiro atoms. The molecule has 3 aliphatic heterocycles. The topological polar surface area (TPSA) is 101 Å². The van der Waals surface area contributed by atoms with E-state index in [4.69, 9.17) is 23.7 Å². The molecule has 6 atom stereocenters. The monoisotopic (exact) mass is 426 g/mol. The Morgan fingerprint density at radius 3 is 2.21 bits per heavy atom. The fraction of sp³-hybridized carbons (Fsp3) is 0.600. The summed E-state index contributed by atoms with van der Waals surface area (Å²) in [5, 5.41) is 11.7. The molecule has 160 valence electrons. The maximum atomic E-state index is 12.5. The highest BCUT2D eigenvalue weighted by Crippen LogP contribution is 2.44. The minimum absolute atomic E-state index is 0.141. The summed E-state index contributed by atoms with van der Waals surface area (Å²) in [5.74, 6) is -1.77. The quantitative estimate of drug-likeness (QED) is 0.777. The summed E-state index contributed by atoms with van der Waals surface area (Å²) in [5.41, 5.74) is 0. The summed E-state index contributed by atoms with van der Waals surface area (Å²) >= 11 is 0. The van der Waals surface area contributed by atoms with Crippen molar-refractivity contribution in [2.45, 2.75) is 81.0 Å². The van der Waals surface area contributed by atoms with E-state index in [-0.39, 0.29) is 4.90 Å². The predicted molar refractivity (Wildman–Crippen MR) is 101 cm³/mol. The van der Waals surface area contributed by atoms with E-state index in [1.807, 2.05) is 0 Å². The number of ether oxygens (including phenoxy) is 5. The zero-order valence-electron chi connectivity index (χ0n) is 16.7. The largest absolute Gasteiger partial charge is 0.386 e. The summed E-state index contributed by atoms with van der Waals surface area (Å²) in [6, 6.07) is 7.99. The van der Waals surface area contributed by atoms with Crippen molar-refractivity contribution in [3.8, 4) is 0 Å². The molecule has 0 amide bonds. The van der Waals surface area contributed by atoms with Crippen LogP contribution in [-0.4, -0.2) is 61.9 Å². The molecule has 0 bridgehead atoms. The van der Waals surface area contributed by atoms with Crippen LogP contribution < -0.4 is 0 Å². The number of sulfone groups is 1. The standard InChI is InChI=1S/C20H26O8S/c1-19(2)25-15-14(24-18-17(16(15)26-19)27-20(3,4)28-18)13(21)10-11-29(22,23)12-8-6-5-7-9-12/h5-11,13-18,21H,1-4H3/b11-10+/t13-,14+,15-,16-,17+,18+/m0/s1. The highest BCUT2D eigenvalue weighted by atomic mass is 32.2. The van der Waals surface area contributed by atoms with Crippen LogP contribution in [0.1, 0.15) is 27.7 Å². The van der Waals surface area contributed by atoms with E-state index in [2.05, 4.69) is 0 Å². The second-order valence-corrected chi connectivity index (χ2v) is 10.1. The Hall–Kier alpha value is -1.33. The second kappa shape index (κ2) is 7.12. The van der Waals surface area contributed by atoms with Gasteiger partial charge in [0.15, 0.2) is 27.7 Å². The van der Waals surface area contributed by atoms with Gasteiger partial charge in [0.2, 0.25) is 0 Å². The maximum Gasteiger partial charge on any atom is 0.199 e. The highest BCUT2D eigenvalue weighted by Gasteiger charge is 2.61. The molecular formula is C20H26O8S. The maximum absolute atomic E-state index is 12.5. The van der Waals surface area contributed by atoms with Gasteiger partial charge in [0.25, 0.3) is 0 Å². The number of aliphatic hydroxyl groups excluding tert-OH is 1. The van der Waals surface area contributed by atoms with Crippen LogP contribution in [0, 0.1) is 0 Å². The van der Waals surface area contributed by atoms with Crippen molar-refractivity contribution in [1.29, 1.82) is 0 Å². The molecule has 0 aromatic heterocycles. The molecule has 3 fully saturated rings. The molecule has 1 N–H and O–H groups in total. The third kappa shape index (κ3) is 4.13. The molecule has 0 aliphatic carbocycles. The molecule has 1 aromatic rings. The van der Waals surface area contributed by atoms with Crippen LogP contribution in [0.3, 0.4) is 0 Å². The van der Waals surface area contributed by atoms with Crippen molar-refractivity contribution >= 4 is 9.84 Å². The van der Waals surface area contributed by atoms with Crippen molar-refractivity contribution in [1.82, 2.24) is 0 Å². The Morgan fingerprint density at radius 1 is 0.931 bits per heavy atom. The molecule has 3 saturated heterocycles. The summed E-state index contributed by atoms with van der Waals surface area (Å²) < 4.78 is 54.5. The number of rotatable bonds is 4. The number of hydrogen-bond donors (Lipinski definition) is 1. The lowest BCUT2D eigenvalue weighted by Crippen LogP contribution is -2.58. The van der Waals surface area contributed by atoms with E-state index >= 15 is 0 Å². The van der Waals surface area contributed by atoms with Crippen molar-refractivity contribution in [2.75, 3.05) is 0 Å². The summed E-state index contributed by atoms with van der Waals surface area (Å²) in [6.45, 7) is 7.06. The van der Waals surface area contributed by atoms with E-state index < -0.39 is 58.2 Å². The number of fused-ring (bicyclic) bond motifs is 3. The van der Waals surface area contributed by atoms with Gasteiger partial charge in [-0.2, -0.15) is 0 Å². The average Bonchev–Trinajstić information content (AvgIpc) is 3.13. The van der Waals surface area contributed by atoms with Gasteiger partial charge >= 0.3 is 0 Å². The lowest BCUT2D eigenvalue weighted by molar-refractivity contribution is -0.247. The van der Waals surface area contributed by atoms with Gasteiger partial charge in [-0.05, 0) is 45.9 Å². The lowest BCUT2D eigenvalue weighted by atomic mass is 9.95. The average molecular weight is 426 g/mol. The van der Waals surface area contributed by atoms with Crippen LogP contribution in [0.15, 0.2) is 46.7 Å². The van der Waals surface area contributed by atoms with Crippen molar-refractivity contribution in [3.05, 3.63) is 41.8 Å². The van der Waals surface area contributed by atoms with E-state index in [0.717, 1.165) is 5.41 Å². The lowest BCUT2D eigenvalue weighted by Gasteiger charge is -2.38. The minimum Gasteiger partial charge on any atom is -0.386 e. The van der Waals surface area contributed by atoms with Crippen molar-refractivity contribution < 1.29 is 37.2 Å². The van der Waals surface area contributed by atoms with Gasteiger partial charge in [-0.25, -0.2) is 8.42 Å². The van der Waals surface area contributed by atoms with Crippen LogP contribution in [0.5, 0.6) is 0 Å². The Morgan fingerprint density at radius 2 is 1.52 bits per heavy atom. The van der Waals surface area contributed by atoms with Gasteiger partial charge in [-0.15, -0.1) is 0 Å². The van der Waals surface area contributed by atoms with Gasteiger partial charge in [-0.1, -0.05) is 18.2 Å². The first-order chi connectivity index (χ1) is 13.5. The smallest absolute Gasteiger partial charge is 0.199 e. The molecule has 3 heterocycles. The fourth-order valence-corrected chi connectivity index (χ4v) is 4.96. The third-order valence-corrected chi connectivity index (χ3v) is 6.50. The summed E-state index contributed by atoms with van der Waals surface area (Å²) in [4.78, 5) is 0.141. The van der Waals surface area contributed by atoms with Gasteiger partial charge in [-0.3, -0.25) is 0 Å². The first-order valence-electron chi connectivity index (χ1n) is 9.51. The molecule has 0 saturated carbocycles. The Balaban J connectivity index is 1.57. The molecule has 0 unspecified atom stereocenters. The molecule has 1 aromatic carbocycles. The van der Waals surface area contributed by atoms with Crippen LogP contribution in [0.2, 0.25) is 0 Å². The Kier molecular flexibility index (Phi) is 5.14. The van der Waals surface area contributed by atoms with Crippen LogP contribution >= 0.6 is 0 Å². The number of benzene rings is 1. The molecule has 4 rings (SSSR count). The molecule has 29 heavy (non-hydrogen) atoms. The van der Waals surface area contributed by atoms with Crippen LogP contribution in [0.4, 0.5) is 0 Å². The second-order valence-electron chi connectivity index (χ2n) is 8.31. The van der Waals surface area contributed by atoms with Gasteiger partial charge in [0.1, 0.15) is 30.5 Å². The Bertz CT molecular complexity index is 879. The first kappa shape index (κ1) is 20.9. The molecule has 0 radical (unpaired) electrons. The van der Waals surface area contributed by atoms with Gasteiger partial charge < -0.3 is 28.8 Å². The van der Waals surface area contributed by atoms with Crippen LogP contribution in [-0.2, 0) is 33.5 Å². The molecule has 3 aliphatic rings. The highest BCUT2D eigenvalue weighted by molar-refractivity contribution is 7.94. The molecule has 9 heteroatoms. The third-order valence-electron chi connectivity index (χ3n) is 5.05. The predicted octanol–water partition coefficient (Wildman–Crippen LogP) is 1.73. The normalized spacial score (nSPS) is 36.7. The fourth-order valence-electron chi connectivity index (χ4n) is 3.90.